The third-order valence-electron chi connectivity index (χ3n) is 11.6. The summed E-state index contributed by atoms with van der Waals surface area (Å²) in [4.78, 5) is 57.6. The first-order valence-corrected chi connectivity index (χ1v) is 25.5. The van der Waals surface area contributed by atoms with Crippen LogP contribution in [0.4, 0.5) is 14.5 Å². The first kappa shape index (κ1) is 51.6. The number of aromatic nitrogens is 4. The Bertz CT molecular complexity index is 3400. The lowest BCUT2D eigenvalue weighted by Gasteiger charge is -2.16. The molecule has 4 aromatic carbocycles. The maximum absolute atomic E-state index is 15.0. The molecule has 370 valence electrons. The molecule has 71 heavy (non-hydrogen) atoms. The van der Waals surface area contributed by atoms with Gasteiger partial charge < -0.3 is 43.9 Å². The quantitative estimate of drug-likeness (QED) is 0.0468. The SMILES string of the molecule is CCNC(=O)c1cc2c(-c3cc(NSCC)ccc3Oc3ccc(C(C)C)cc3F)cn(C)c(=O)c2[nH]1.CCNC(=O)c1cc2c(-c3cc(SC)ccc3Oc3ccc(CC)cc3F)cn(C)c(=O)c2[nH]1. The summed E-state index contributed by atoms with van der Waals surface area (Å²) in [6.45, 7) is 12.6. The summed E-state index contributed by atoms with van der Waals surface area (Å²) in [6, 6.07) is 24.4. The van der Waals surface area contributed by atoms with Crippen LogP contribution in [0.2, 0.25) is 0 Å². The number of pyridine rings is 2. The van der Waals surface area contributed by atoms with Gasteiger partial charge in [-0.25, -0.2) is 8.78 Å². The van der Waals surface area contributed by atoms with Gasteiger partial charge in [0.2, 0.25) is 0 Å². The molecule has 0 saturated heterocycles. The lowest BCUT2D eigenvalue weighted by atomic mass is 10.0. The molecule has 0 aliphatic heterocycles. The molecule has 5 N–H and O–H groups in total. The number of carbonyl (C=O) groups excluding carboxylic acids is 2. The molecule has 17 heteroatoms. The smallest absolute Gasteiger partial charge is 0.274 e. The number of hydrogen-bond acceptors (Lipinski definition) is 9. The number of benzene rings is 4. The van der Waals surface area contributed by atoms with Crippen molar-refractivity contribution in [2.45, 2.75) is 58.8 Å². The number of ether oxygens (including phenoxy) is 2. The van der Waals surface area contributed by atoms with Crippen molar-refractivity contribution in [3.63, 3.8) is 0 Å². The molecule has 4 heterocycles. The van der Waals surface area contributed by atoms with Crippen molar-refractivity contribution >= 4 is 63.0 Å². The van der Waals surface area contributed by atoms with E-state index in [1.165, 1.54) is 33.2 Å². The number of nitrogens with one attached hydrogen (secondary N) is 5. The number of carbonyl (C=O) groups is 2. The minimum absolute atomic E-state index is 0.104. The molecule has 0 atom stereocenters. The minimum Gasteiger partial charge on any atom is -0.454 e. The van der Waals surface area contributed by atoms with Gasteiger partial charge in [0.05, 0.1) is 0 Å². The summed E-state index contributed by atoms with van der Waals surface area (Å²) in [6.07, 6.45) is 6.10. The predicted molar refractivity (Wildman–Crippen MR) is 284 cm³/mol. The topological polar surface area (TPSA) is 164 Å². The maximum atomic E-state index is 15.0. The van der Waals surface area contributed by atoms with Crippen LogP contribution < -0.4 is 35.9 Å². The van der Waals surface area contributed by atoms with Crippen LogP contribution in [-0.4, -0.2) is 56.0 Å². The number of thioether (sulfide) groups is 1. The van der Waals surface area contributed by atoms with Gasteiger partial charge in [0.15, 0.2) is 23.1 Å². The Morgan fingerprint density at radius 2 is 1.15 bits per heavy atom. The summed E-state index contributed by atoms with van der Waals surface area (Å²) >= 11 is 3.10. The first-order valence-electron chi connectivity index (χ1n) is 23.2. The number of aryl methyl sites for hydroxylation is 3. The number of hydrogen-bond donors (Lipinski definition) is 5. The molecular weight excluding hydrogens is 945 g/mol. The van der Waals surface area contributed by atoms with Crippen LogP contribution in [0, 0.1) is 11.6 Å². The first-order chi connectivity index (χ1) is 34.1. The number of H-pyrrole nitrogens is 2. The summed E-state index contributed by atoms with van der Waals surface area (Å²) in [5.41, 5.74) is 5.99. The molecule has 0 spiro atoms. The number of fused-ring (bicyclic) bond motifs is 2. The van der Waals surface area contributed by atoms with Gasteiger partial charge in [-0.05, 0) is 116 Å². The van der Waals surface area contributed by atoms with Crippen molar-refractivity contribution in [1.29, 1.82) is 0 Å². The highest BCUT2D eigenvalue weighted by Gasteiger charge is 2.22. The standard InChI is InChI=1S/C28H31FN4O3S.C26H26FN3O3S/c1-6-30-27(34)23-14-20-21(15-33(5)28(35)26(20)31-23)19-13-18(32-37-7-2)9-11-24(19)36-25-10-8-17(16(3)4)12-22(25)29;1-5-15-7-9-23(20(27)11-15)33-22-10-8-16(34-4)12-17(22)19-14-30(3)26(32)24-18(19)13-21(29-24)25(31)28-6-2/h8-16,31-32H,6-7H2,1-5H3,(H,30,34);7-14,29H,5-6H2,1-4H3,(H,28,31). The van der Waals surface area contributed by atoms with E-state index in [0.29, 0.717) is 74.3 Å². The highest BCUT2D eigenvalue weighted by Crippen LogP contribution is 2.42. The number of anilines is 1. The summed E-state index contributed by atoms with van der Waals surface area (Å²) in [5, 5.41) is 6.66. The number of amides is 2. The van der Waals surface area contributed by atoms with Crippen molar-refractivity contribution in [3.05, 3.63) is 152 Å². The Balaban J connectivity index is 0.000000209. The Morgan fingerprint density at radius 1 is 0.648 bits per heavy atom. The second-order valence-electron chi connectivity index (χ2n) is 16.9. The third kappa shape index (κ3) is 11.4. The molecule has 4 aromatic heterocycles. The lowest BCUT2D eigenvalue weighted by molar-refractivity contribution is 0.0943. The molecule has 2 amide bonds. The number of rotatable bonds is 16. The monoisotopic (exact) mass is 1000 g/mol. The fraction of sp³-hybridized carbons (Fsp3) is 0.259. The van der Waals surface area contributed by atoms with E-state index in [1.807, 2.05) is 84.2 Å². The number of nitrogens with zero attached hydrogens (tertiary/aromatic N) is 2. The van der Waals surface area contributed by atoms with Gasteiger partial charge in [0, 0.05) is 88.9 Å². The zero-order valence-corrected chi connectivity index (χ0v) is 42.7. The Hall–Kier alpha value is -7.24. The number of aromatic amines is 2. The van der Waals surface area contributed by atoms with E-state index in [-0.39, 0.29) is 46.0 Å². The van der Waals surface area contributed by atoms with Gasteiger partial charge in [0.25, 0.3) is 22.9 Å². The van der Waals surface area contributed by atoms with Crippen molar-refractivity contribution in [2.24, 2.45) is 14.1 Å². The fourth-order valence-electron chi connectivity index (χ4n) is 7.88. The molecule has 0 radical (unpaired) electrons. The minimum atomic E-state index is -0.452. The molecule has 0 aliphatic carbocycles. The molecule has 0 bridgehead atoms. The second-order valence-corrected chi connectivity index (χ2v) is 18.8. The van der Waals surface area contributed by atoms with Gasteiger partial charge in [-0.2, -0.15) is 0 Å². The molecule has 8 aromatic rings. The Labute approximate surface area is 418 Å². The van der Waals surface area contributed by atoms with Gasteiger partial charge in [-0.3, -0.25) is 19.2 Å². The van der Waals surface area contributed by atoms with Crippen molar-refractivity contribution in [3.8, 4) is 45.3 Å². The van der Waals surface area contributed by atoms with Gasteiger partial charge in [-0.15, -0.1) is 11.8 Å². The molecule has 13 nitrogen and oxygen atoms in total. The van der Waals surface area contributed by atoms with E-state index in [0.717, 1.165) is 33.9 Å². The fourth-order valence-corrected chi connectivity index (χ4v) is 8.76. The maximum Gasteiger partial charge on any atom is 0.274 e. The van der Waals surface area contributed by atoms with E-state index in [1.54, 1.807) is 74.6 Å². The second kappa shape index (κ2) is 22.7. The molecule has 0 aliphatic rings. The van der Waals surface area contributed by atoms with E-state index in [4.69, 9.17) is 9.47 Å². The van der Waals surface area contributed by atoms with Crippen molar-refractivity contribution in [2.75, 3.05) is 29.8 Å². The highest BCUT2D eigenvalue weighted by molar-refractivity contribution is 8.00. The molecule has 0 unspecified atom stereocenters. The van der Waals surface area contributed by atoms with Gasteiger partial charge in [0.1, 0.15) is 33.9 Å². The number of halogens is 2. The van der Waals surface area contributed by atoms with Crippen molar-refractivity contribution < 1.29 is 27.8 Å². The molecule has 8 rings (SSSR count). The van der Waals surface area contributed by atoms with Crippen LogP contribution in [0.25, 0.3) is 44.1 Å². The molecular formula is C54H57F2N7O6S2. The Morgan fingerprint density at radius 3 is 1.63 bits per heavy atom. The van der Waals surface area contributed by atoms with E-state index in [9.17, 15) is 28.0 Å². The van der Waals surface area contributed by atoms with E-state index in [2.05, 4.69) is 25.3 Å². The average Bonchev–Trinajstić information content (AvgIpc) is 4.02. The normalized spacial score (nSPS) is 11.2. The average molecular weight is 1000 g/mol. The van der Waals surface area contributed by atoms with Gasteiger partial charge >= 0.3 is 0 Å². The van der Waals surface area contributed by atoms with Crippen LogP contribution in [0.15, 0.2) is 112 Å². The molecule has 0 saturated carbocycles. The van der Waals surface area contributed by atoms with Crippen LogP contribution in [0.1, 0.15) is 79.6 Å². The van der Waals surface area contributed by atoms with Crippen LogP contribution in [0.3, 0.4) is 0 Å². The summed E-state index contributed by atoms with van der Waals surface area (Å²) in [7, 11) is 3.30. The summed E-state index contributed by atoms with van der Waals surface area (Å²) in [5.74, 6) is 0.651. The lowest BCUT2D eigenvalue weighted by Crippen LogP contribution is -2.23. The van der Waals surface area contributed by atoms with Crippen LogP contribution in [-0.2, 0) is 20.5 Å². The highest BCUT2D eigenvalue weighted by atomic mass is 32.2. The van der Waals surface area contributed by atoms with Crippen LogP contribution >= 0.6 is 23.7 Å². The largest absolute Gasteiger partial charge is 0.454 e. The zero-order chi connectivity index (χ0) is 51.1. The van der Waals surface area contributed by atoms with Crippen molar-refractivity contribution in [1.82, 2.24) is 29.7 Å². The summed E-state index contributed by atoms with van der Waals surface area (Å²) < 4.78 is 48.1. The third-order valence-corrected chi connectivity index (χ3v) is 13.0. The molecule has 0 fully saturated rings. The van der Waals surface area contributed by atoms with Gasteiger partial charge in [-0.1, -0.05) is 51.8 Å². The predicted octanol–water partition coefficient (Wildman–Crippen LogP) is 11.9. The Kier molecular flexibility index (Phi) is 16.5. The zero-order valence-electron chi connectivity index (χ0n) is 41.1. The van der Waals surface area contributed by atoms with Crippen LogP contribution in [0.5, 0.6) is 23.0 Å². The van der Waals surface area contributed by atoms with E-state index < -0.39 is 11.6 Å². The van der Waals surface area contributed by atoms with E-state index >= 15 is 0 Å².